The number of nitriles is 1. The molecule has 192 valence electrons. The lowest BCUT2D eigenvalue weighted by Gasteiger charge is -2.34. The number of carbonyl (C=O) groups excluding carboxylic acids is 1. The van der Waals surface area contributed by atoms with E-state index >= 15 is 0 Å². The van der Waals surface area contributed by atoms with Gasteiger partial charge in [-0.3, -0.25) is 9.99 Å². The smallest absolute Gasteiger partial charge is 0.338 e. The summed E-state index contributed by atoms with van der Waals surface area (Å²) < 4.78 is 5.55. The quantitative estimate of drug-likeness (QED) is 0.351. The van der Waals surface area contributed by atoms with Gasteiger partial charge in [0.15, 0.2) is 0 Å². The molecule has 6 nitrogen and oxygen atoms in total. The van der Waals surface area contributed by atoms with Crippen molar-refractivity contribution >= 4 is 29.0 Å². The maximum atomic E-state index is 12.8. The van der Waals surface area contributed by atoms with E-state index in [4.69, 9.17) is 21.4 Å². The minimum absolute atomic E-state index is 0.279. The molecule has 6 rings (SSSR count). The van der Waals surface area contributed by atoms with Crippen molar-refractivity contribution in [3.05, 3.63) is 93.8 Å². The summed E-state index contributed by atoms with van der Waals surface area (Å²) in [5.74, 6) is 0.596. The Bertz CT molecular complexity index is 1430. The molecule has 0 amide bonds. The van der Waals surface area contributed by atoms with Crippen LogP contribution in [-0.4, -0.2) is 29.3 Å². The Morgan fingerprint density at radius 1 is 1.11 bits per heavy atom. The Morgan fingerprint density at radius 3 is 2.74 bits per heavy atom. The van der Waals surface area contributed by atoms with Crippen LogP contribution in [0.15, 0.2) is 65.9 Å². The second kappa shape index (κ2) is 10.6. The van der Waals surface area contributed by atoms with E-state index < -0.39 is 0 Å². The van der Waals surface area contributed by atoms with Crippen LogP contribution >= 0.6 is 11.6 Å². The molecule has 0 saturated heterocycles. The zero-order valence-electron chi connectivity index (χ0n) is 21.1. The van der Waals surface area contributed by atoms with Crippen molar-refractivity contribution in [2.75, 3.05) is 11.6 Å². The molecule has 0 N–H and O–H groups in total. The van der Waals surface area contributed by atoms with Crippen LogP contribution in [0, 0.1) is 23.2 Å². The van der Waals surface area contributed by atoms with Gasteiger partial charge in [-0.25, -0.2) is 4.79 Å². The molecule has 7 heteroatoms. The molecular formula is C31H29ClN4O2. The lowest BCUT2D eigenvalue weighted by Crippen LogP contribution is -2.40. The van der Waals surface area contributed by atoms with Crippen LogP contribution in [-0.2, 0) is 17.6 Å². The average Bonchev–Trinajstić information content (AvgIpc) is 3.61. The molecule has 38 heavy (non-hydrogen) atoms. The number of fused-ring (bicyclic) bond motifs is 3. The molecule has 0 unspecified atom stereocenters. The van der Waals surface area contributed by atoms with Crippen molar-refractivity contribution in [1.29, 1.82) is 5.26 Å². The van der Waals surface area contributed by atoms with Gasteiger partial charge in [0, 0.05) is 29.8 Å². The van der Waals surface area contributed by atoms with Crippen molar-refractivity contribution in [1.82, 2.24) is 4.98 Å². The number of aryl methyl sites for hydroxylation is 1. The first kappa shape index (κ1) is 24.6. The molecule has 1 aromatic heterocycles. The summed E-state index contributed by atoms with van der Waals surface area (Å²) in [4.78, 5) is 17.1. The summed E-state index contributed by atoms with van der Waals surface area (Å²) in [6.07, 6.45) is 9.16. The number of ether oxygens (including phenoxy) is 1. The first-order chi connectivity index (χ1) is 18.6. The largest absolute Gasteiger partial charge is 0.462 e. The van der Waals surface area contributed by atoms with Gasteiger partial charge in [0.1, 0.15) is 6.07 Å². The van der Waals surface area contributed by atoms with Crippen LogP contribution in [0.5, 0.6) is 0 Å². The van der Waals surface area contributed by atoms with Crippen molar-refractivity contribution < 1.29 is 9.53 Å². The first-order valence-corrected chi connectivity index (χ1v) is 13.8. The number of halogens is 1. The number of pyridine rings is 1. The summed E-state index contributed by atoms with van der Waals surface area (Å²) in [6.45, 7) is 0.299. The van der Waals surface area contributed by atoms with E-state index in [0.29, 0.717) is 41.0 Å². The van der Waals surface area contributed by atoms with Gasteiger partial charge in [-0.05, 0) is 79.6 Å². The normalized spacial score (nSPS) is 20.4. The number of rotatable bonds is 6. The van der Waals surface area contributed by atoms with Crippen molar-refractivity contribution in [2.45, 2.75) is 51.0 Å². The van der Waals surface area contributed by atoms with Crippen LogP contribution < -0.4 is 5.01 Å². The van der Waals surface area contributed by atoms with Crippen LogP contribution in [0.1, 0.15) is 64.8 Å². The van der Waals surface area contributed by atoms with E-state index in [0.717, 1.165) is 41.1 Å². The Morgan fingerprint density at radius 2 is 1.97 bits per heavy atom. The highest BCUT2D eigenvalue weighted by molar-refractivity contribution is 6.32. The van der Waals surface area contributed by atoms with Gasteiger partial charge in [-0.1, -0.05) is 36.6 Å². The van der Waals surface area contributed by atoms with Crippen molar-refractivity contribution in [2.24, 2.45) is 16.9 Å². The van der Waals surface area contributed by atoms with Crippen LogP contribution in [0.2, 0.25) is 5.02 Å². The third-order valence-corrected chi connectivity index (χ3v) is 8.45. The number of hydrogen-bond acceptors (Lipinski definition) is 6. The predicted octanol–water partition coefficient (Wildman–Crippen LogP) is 6.35. The number of anilines is 1. The molecule has 3 aliphatic rings. The molecule has 2 aliphatic carbocycles. The lowest BCUT2D eigenvalue weighted by molar-refractivity contribution is 0.0508. The fourth-order valence-electron chi connectivity index (χ4n) is 6.31. The molecule has 2 heterocycles. The number of esters is 1. The second-order valence-corrected chi connectivity index (χ2v) is 10.8. The van der Waals surface area contributed by atoms with Gasteiger partial charge in [-0.2, -0.15) is 10.4 Å². The fourth-order valence-corrected chi connectivity index (χ4v) is 6.53. The van der Waals surface area contributed by atoms with Crippen LogP contribution in [0.3, 0.4) is 0 Å². The molecule has 1 fully saturated rings. The Balaban J connectivity index is 1.25. The van der Waals surface area contributed by atoms with Gasteiger partial charge in [-0.15, -0.1) is 0 Å². The molecule has 1 aliphatic heterocycles. The summed E-state index contributed by atoms with van der Waals surface area (Å²) in [5.41, 5.74) is 6.24. The number of nitrogens with zero attached hydrogens (tertiary/aromatic N) is 4. The molecule has 0 spiro atoms. The number of aromatic nitrogens is 1. The highest BCUT2D eigenvalue weighted by Gasteiger charge is 2.45. The van der Waals surface area contributed by atoms with E-state index in [2.05, 4.69) is 16.1 Å². The minimum atomic E-state index is -0.308. The maximum absolute atomic E-state index is 12.8. The molecule has 0 radical (unpaired) electrons. The molecule has 2 atom stereocenters. The summed E-state index contributed by atoms with van der Waals surface area (Å²) in [7, 11) is 0. The van der Waals surface area contributed by atoms with Crippen LogP contribution in [0.25, 0.3) is 0 Å². The number of carbonyl (C=O) groups is 1. The van der Waals surface area contributed by atoms with Crippen molar-refractivity contribution in [3.8, 4) is 6.07 Å². The van der Waals surface area contributed by atoms with Gasteiger partial charge in [0.2, 0.25) is 0 Å². The van der Waals surface area contributed by atoms with Gasteiger partial charge in [0.25, 0.3) is 0 Å². The molecule has 0 bridgehead atoms. The summed E-state index contributed by atoms with van der Waals surface area (Å²) in [5, 5.41) is 17.1. The summed E-state index contributed by atoms with van der Waals surface area (Å²) in [6, 6.07) is 19.6. The van der Waals surface area contributed by atoms with E-state index in [1.807, 2.05) is 48.5 Å². The molecular weight excluding hydrogens is 496 g/mol. The van der Waals surface area contributed by atoms with Crippen molar-refractivity contribution in [3.63, 3.8) is 0 Å². The topological polar surface area (TPSA) is 78.6 Å². The van der Waals surface area contributed by atoms with Gasteiger partial charge in [0.05, 0.1) is 40.2 Å². The Hall–Kier alpha value is -3.69. The lowest BCUT2D eigenvalue weighted by atomic mass is 9.75. The third-order valence-electron chi connectivity index (χ3n) is 8.14. The highest BCUT2D eigenvalue weighted by atomic mass is 35.5. The number of hydrazone groups is 1. The average molecular weight is 525 g/mol. The third kappa shape index (κ3) is 4.68. The van der Waals surface area contributed by atoms with Gasteiger partial charge < -0.3 is 4.74 Å². The zero-order valence-corrected chi connectivity index (χ0v) is 21.9. The van der Waals surface area contributed by atoms with Gasteiger partial charge >= 0.3 is 5.97 Å². The SMILES string of the molecule is N#Cc1ccc(N2N=C3c4ccc(C(=O)OCCc5ccccn5)cc4CC[C@@H]3[C@@H]2C2CCCC2)cc1Cl. The standard InChI is InChI=1S/C31H29ClN4O2/c32-28-18-25(11-8-23(28)19-33)36-30(20-5-1-2-6-20)27-13-9-21-17-22(10-12-26(21)29(27)35-36)31(37)38-16-14-24-7-3-4-15-34-24/h3-4,7-8,10-12,15,17-18,20,27,30H,1-2,5-6,9,13-14,16H2/t27-,30-/m0/s1. The second-order valence-electron chi connectivity index (χ2n) is 10.4. The number of hydrogen-bond donors (Lipinski definition) is 0. The monoisotopic (exact) mass is 524 g/mol. The van der Waals surface area contributed by atoms with E-state index in [1.54, 1.807) is 12.3 Å². The predicted molar refractivity (Wildman–Crippen MR) is 147 cm³/mol. The highest BCUT2D eigenvalue weighted by Crippen LogP contribution is 2.45. The van der Waals surface area contributed by atoms with E-state index in [1.165, 1.54) is 25.7 Å². The first-order valence-electron chi connectivity index (χ1n) is 13.4. The summed E-state index contributed by atoms with van der Waals surface area (Å²) >= 11 is 6.42. The fraction of sp³-hybridized carbons (Fsp3) is 0.355. The van der Waals surface area contributed by atoms with Crippen LogP contribution in [0.4, 0.5) is 5.69 Å². The minimum Gasteiger partial charge on any atom is -0.462 e. The Labute approximate surface area is 227 Å². The van der Waals surface area contributed by atoms with E-state index in [-0.39, 0.29) is 12.0 Å². The zero-order chi connectivity index (χ0) is 26.1. The molecule has 3 aromatic rings. The number of benzene rings is 2. The maximum Gasteiger partial charge on any atom is 0.338 e. The van der Waals surface area contributed by atoms with E-state index in [9.17, 15) is 10.1 Å². The molecule has 2 aromatic carbocycles. The Kier molecular flexibility index (Phi) is 6.86. The molecule has 1 saturated carbocycles.